The maximum atomic E-state index is 13.2. The number of hydrogen-bond acceptors (Lipinski definition) is 5. The Hall–Kier alpha value is -2.46. The van der Waals surface area contributed by atoms with Crippen LogP contribution in [0, 0.1) is 5.92 Å². The SMILES string of the molecule is CCCCNC(=O)N(CC1CCCCC1)C1CCN(Cc2ccc(Oc3ccc(CNS(=O)[O-])cc3)cc2)CC1. The van der Waals surface area contributed by atoms with Gasteiger partial charge in [0.2, 0.25) is 0 Å². The molecule has 0 bridgehead atoms. The van der Waals surface area contributed by atoms with E-state index >= 15 is 0 Å². The Morgan fingerprint density at radius 2 is 1.60 bits per heavy atom. The molecule has 2 aromatic rings. The summed E-state index contributed by atoms with van der Waals surface area (Å²) in [5.41, 5.74) is 2.11. The molecule has 2 N–H and O–H groups in total. The number of rotatable bonds is 13. The van der Waals surface area contributed by atoms with Crippen LogP contribution in [-0.2, 0) is 24.4 Å². The normalized spacial score (nSPS) is 17.9. The van der Waals surface area contributed by atoms with Crippen molar-refractivity contribution >= 4 is 17.3 Å². The topological polar surface area (TPSA) is 97.0 Å². The number of ether oxygens (including phenoxy) is 1. The summed E-state index contributed by atoms with van der Waals surface area (Å²) in [5, 5.41) is 3.19. The summed E-state index contributed by atoms with van der Waals surface area (Å²) in [6, 6.07) is 16.0. The number of hydrogen-bond donors (Lipinski definition) is 2. The summed E-state index contributed by atoms with van der Waals surface area (Å²) in [6.07, 6.45) is 10.6. The molecule has 0 spiro atoms. The van der Waals surface area contributed by atoms with Crippen molar-refractivity contribution in [1.29, 1.82) is 0 Å². The molecule has 2 fully saturated rings. The minimum absolute atomic E-state index is 0.137. The standard InChI is InChI=1S/C31H46N4O4S/c1-2-3-19-32-31(36)35(24-26-7-5-4-6-8-26)28-17-20-34(21-18-28)23-27-11-15-30(16-12-27)39-29-13-9-25(10-14-29)22-33-40(37)38/h9-16,26,28,33H,2-8,17-24H2,1H3,(H,32,36)(H,37,38)/p-1. The van der Waals surface area contributed by atoms with E-state index in [1.54, 1.807) is 0 Å². The molecule has 40 heavy (non-hydrogen) atoms. The number of nitrogens with zero attached hydrogens (tertiary/aromatic N) is 2. The molecule has 9 heteroatoms. The lowest BCUT2D eigenvalue weighted by molar-refractivity contribution is 0.102. The fourth-order valence-corrected chi connectivity index (χ4v) is 6.07. The lowest BCUT2D eigenvalue weighted by Crippen LogP contribution is -2.52. The zero-order valence-electron chi connectivity index (χ0n) is 23.8. The Bertz CT molecular complexity index is 1050. The Balaban J connectivity index is 1.25. The van der Waals surface area contributed by atoms with Crippen LogP contribution in [0.2, 0.25) is 0 Å². The molecule has 220 valence electrons. The minimum Gasteiger partial charge on any atom is -0.760 e. The van der Waals surface area contributed by atoms with Crippen LogP contribution in [0.1, 0.15) is 75.8 Å². The maximum Gasteiger partial charge on any atom is 0.317 e. The van der Waals surface area contributed by atoms with E-state index in [1.165, 1.54) is 37.7 Å². The molecule has 1 aliphatic heterocycles. The molecule has 2 aliphatic rings. The van der Waals surface area contributed by atoms with Crippen molar-refractivity contribution in [2.45, 2.75) is 83.8 Å². The number of piperidine rings is 1. The monoisotopic (exact) mass is 569 g/mol. The fourth-order valence-electron chi connectivity index (χ4n) is 5.78. The van der Waals surface area contributed by atoms with Crippen LogP contribution < -0.4 is 14.8 Å². The van der Waals surface area contributed by atoms with Gasteiger partial charge < -0.3 is 19.5 Å². The molecule has 0 radical (unpaired) electrons. The Morgan fingerprint density at radius 1 is 0.975 bits per heavy atom. The van der Waals surface area contributed by atoms with E-state index in [-0.39, 0.29) is 12.6 Å². The van der Waals surface area contributed by atoms with E-state index in [4.69, 9.17) is 4.74 Å². The average molecular weight is 570 g/mol. The fraction of sp³-hybridized carbons (Fsp3) is 0.581. The van der Waals surface area contributed by atoms with Gasteiger partial charge in [-0.25, -0.2) is 9.52 Å². The highest BCUT2D eigenvalue weighted by Gasteiger charge is 2.30. The number of amides is 2. The zero-order valence-corrected chi connectivity index (χ0v) is 24.6. The second-order valence-corrected chi connectivity index (χ2v) is 12.0. The number of carbonyl (C=O) groups excluding carboxylic acids is 1. The predicted molar refractivity (Wildman–Crippen MR) is 159 cm³/mol. The van der Waals surface area contributed by atoms with Crippen LogP contribution >= 0.6 is 0 Å². The second-order valence-electron chi connectivity index (χ2n) is 11.2. The minimum atomic E-state index is -2.27. The molecule has 4 rings (SSSR count). The molecule has 1 saturated carbocycles. The lowest BCUT2D eigenvalue weighted by atomic mass is 9.88. The molecule has 1 heterocycles. The van der Waals surface area contributed by atoms with E-state index in [1.807, 2.05) is 36.4 Å². The zero-order chi connectivity index (χ0) is 28.2. The van der Waals surface area contributed by atoms with Gasteiger partial charge in [0.1, 0.15) is 11.5 Å². The van der Waals surface area contributed by atoms with Crippen LogP contribution in [0.15, 0.2) is 48.5 Å². The van der Waals surface area contributed by atoms with E-state index < -0.39 is 11.3 Å². The van der Waals surface area contributed by atoms with Gasteiger partial charge in [-0.3, -0.25) is 9.11 Å². The van der Waals surface area contributed by atoms with E-state index in [0.717, 1.165) is 69.7 Å². The summed E-state index contributed by atoms with van der Waals surface area (Å²) in [7, 11) is 0. The number of likely N-dealkylation sites (tertiary alicyclic amines) is 1. The highest BCUT2D eigenvalue weighted by Crippen LogP contribution is 2.28. The van der Waals surface area contributed by atoms with Gasteiger partial charge >= 0.3 is 6.03 Å². The highest BCUT2D eigenvalue weighted by atomic mass is 32.2. The third-order valence-corrected chi connectivity index (χ3v) is 8.51. The van der Waals surface area contributed by atoms with Gasteiger partial charge in [-0.15, -0.1) is 0 Å². The average Bonchev–Trinajstić information content (AvgIpc) is 2.98. The molecule has 1 atom stereocenters. The van der Waals surface area contributed by atoms with Crippen LogP contribution in [-0.4, -0.2) is 56.8 Å². The van der Waals surface area contributed by atoms with Crippen molar-refractivity contribution in [2.24, 2.45) is 5.92 Å². The highest BCUT2D eigenvalue weighted by molar-refractivity contribution is 7.77. The first-order valence-corrected chi connectivity index (χ1v) is 16.0. The molecular formula is C31H45N4O4S-. The number of benzene rings is 2. The summed E-state index contributed by atoms with van der Waals surface area (Å²) >= 11 is -2.27. The third kappa shape index (κ3) is 9.87. The van der Waals surface area contributed by atoms with E-state index in [0.29, 0.717) is 17.7 Å². The van der Waals surface area contributed by atoms with Crippen molar-refractivity contribution in [2.75, 3.05) is 26.2 Å². The molecule has 1 saturated heterocycles. The molecule has 1 aliphatic carbocycles. The summed E-state index contributed by atoms with van der Waals surface area (Å²) in [5.74, 6) is 2.12. The molecule has 2 aromatic carbocycles. The van der Waals surface area contributed by atoms with Crippen molar-refractivity contribution in [3.63, 3.8) is 0 Å². The van der Waals surface area contributed by atoms with Gasteiger partial charge in [-0.1, -0.05) is 56.9 Å². The molecule has 1 unspecified atom stereocenters. The summed E-state index contributed by atoms with van der Waals surface area (Å²) in [6.45, 7) is 6.97. The van der Waals surface area contributed by atoms with Crippen LogP contribution in [0.4, 0.5) is 4.79 Å². The number of urea groups is 1. The maximum absolute atomic E-state index is 13.2. The first kappa shape index (κ1) is 30.5. The second kappa shape index (κ2) is 16.1. The van der Waals surface area contributed by atoms with Crippen LogP contribution in [0.25, 0.3) is 0 Å². The summed E-state index contributed by atoms with van der Waals surface area (Å²) in [4.78, 5) is 17.8. The van der Waals surface area contributed by atoms with E-state index in [9.17, 15) is 13.6 Å². The van der Waals surface area contributed by atoms with Gasteiger partial charge in [0.25, 0.3) is 0 Å². The van der Waals surface area contributed by atoms with Crippen LogP contribution in [0.5, 0.6) is 11.5 Å². The quantitative estimate of drug-likeness (QED) is 0.238. The smallest absolute Gasteiger partial charge is 0.317 e. The predicted octanol–water partition coefficient (Wildman–Crippen LogP) is 5.72. The lowest BCUT2D eigenvalue weighted by Gasteiger charge is -2.40. The summed E-state index contributed by atoms with van der Waals surface area (Å²) < 4.78 is 29.6. The number of carbonyl (C=O) groups is 1. The molecular weight excluding hydrogens is 524 g/mol. The first-order chi connectivity index (χ1) is 19.5. The van der Waals surface area contributed by atoms with Gasteiger partial charge in [-0.05, 0) is 73.4 Å². The largest absolute Gasteiger partial charge is 0.760 e. The third-order valence-electron chi connectivity index (χ3n) is 8.13. The number of unbranched alkanes of at least 4 members (excludes halogenated alkanes) is 1. The number of nitrogens with one attached hydrogen (secondary N) is 2. The van der Waals surface area contributed by atoms with Gasteiger partial charge in [0.05, 0.1) is 0 Å². The van der Waals surface area contributed by atoms with Crippen molar-refractivity contribution in [3.05, 3.63) is 59.7 Å². The Kier molecular flexibility index (Phi) is 12.3. The van der Waals surface area contributed by atoms with Crippen molar-refractivity contribution in [1.82, 2.24) is 19.8 Å². The Labute approximate surface area is 242 Å². The van der Waals surface area contributed by atoms with Crippen molar-refractivity contribution in [3.8, 4) is 11.5 Å². The van der Waals surface area contributed by atoms with Crippen LogP contribution in [0.3, 0.4) is 0 Å². The Morgan fingerprint density at radius 3 is 2.20 bits per heavy atom. The molecule has 0 aromatic heterocycles. The first-order valence-electron chi connectivity index (χ1n) is 15.0. The van der Waals surface area contributed by atoms with Gasteiger partial charge in [-0.2, -0.15) is 0 Å². The van der Waals surface area contributed by atoms with Gasteiger partial charge in [0, 0.05) is 56.6 Å². The van der Waals surface area contributed by atoms with Crippen molar-refractivity contribution < 1.29 is 18.3 Å². The molecule has 8 nitrogen and oxygen atoms in total. The van der Waals surface area contributed by atoms with Gasteiger partial charge in [0.15, 0.2) is 0 Å². The molecule has 2 amide bonds. The van der Waals surface area contributed by atoms with E-state index in [2.05, 4.69) is 38.9 Å².